The maximum Gasteiger partial charge on any atom is 0.214 e. The van der Waals surface area contributed by atoms with Gasteiger partial charge in [-0.3, -0.25) is 0 Å². The smallest absolute Gasteiger partial charge is 0.214 e. The zero-order chi connectivity index (χ0) is 10.2. The van der Waals surface area contributed by atoms with Crippen molar-refractivity contribution in [2.24, 2.45) is 5.41 Å². The van der Waals surface area contributed by atoms with Gasteiger partial charge in [0.2, 0.25) is 5.95 Å². The molecule has 1 saturated carbocycles. The van der Waals surface area contributed by atoms with Crippen LogP contribution < -0.4 is 5.32 Å². The zero-order valence-electron chi connectivity index (χ0n) is 8.55. The van der Waals surface area contributed by atoms with Gasteiger partial charge in [0.1, 0.15) is 0 Å². The molecule has 1 fully saturated rings. The minimum absolute atomic E-state index is 0.333. The summed E-state index contributed by atoms with van der Waals surface area (Å²) in [5.41, 5.74) is 1.16. The third kappa shape index (κ3) is 1.72. The Bertz CT molecular complexity index is 336. The first kappa shape index (κ1) is 9.44. The Hall–Kier alpha value is -1.12. The van der Waals surface area contributed by atoms with Gasteiger partial charge in [0.15, 0.2) is 0 Å². The summed E-state index contributed by atoms with van der Waals surface area (Å²) in [6.07, 6.45) is 3.89. The number of aromatic nitrogens is 1. The molecule has 1 aromatic rings. The number of anilines is 1. The second-order valence-electron chi connectivity index (χ2n) is 4.59. The van der Waals surface area contributed by atoms with Crippen LogP contribution in [0.5, 0.6) is 0 Å². The van der Waals surface area contributed by atoms with E-state index in [1.54, 1.807) is 6.07 Å². The molecule has 1 N–H and O–H groups in total. The van der Waals surface area contributed by atoms with Gasteiger partial charge in [0, 0.05) is 24.0 Å². The molecule has 1 heterocycles. The summed E-state index contributed by atoms with van der Waals surface area (Å²) in [6, 6.07) is 3.70. The first-order chi connectivity index (χ1) is 6.58. The van der Waals surface area contributed by atoms with Gasteiger partial charge >= 0.3 is 0 Å². The fourth-order valence-corrected chi connectivity index (χ4v) is 1.83. The lowest BCUT2D eigenvalue weighted by Crippen LogP contribution is -2.45. The molecule has 14 heavy (non-hydrogen) atoms. The van der Waals surface area contributed by atoms with Crippen LogP contribution in [0.3, 0.4) is 0 Å². The van der Waals surface area contributed by atoms with Crippen molar-refractivity contribution in [2.75, 3.05) is 5.32 Å². The minimum atomic E-state index is -0.424. The van der Waals surface area contributed by atoms with Crippen LogP contribution in [0.4, 0.5) is 10.1 Å². The van der Waals surface area contributed by atoms with Crippen molar-refractivity contribution in [3.05, 3.63) is 24.3 Å². The predicted molar refractivity (Wildman–Crippen MR) is 54.6 cm³/mol. The molecule has 2 nitrogen and oxygen atoms in total. The first-order valence-corrected chi connectivity index (χ1v) is 4.96. The molecule has 1 aromatic heterocycles. The molecule has 0 aliphatic heterocycles. The van der Waals surface area contributed by atoms with Gasteiger partial charge in [-0.15, -0.1) is 0 Å². The Morgan fingerprint density at radius 3 is 2.86 bits per heavy atom. The van der Waals surface area contributed by atoms with Crippen molar-refractivity contribution in [1.82, 2.24) is 4.98 Å². The summed E-state index contributed by atoms with van der Waals surface area (Å²) in [7, 11) is 0. The topological polar surface area (TPSA) is 24.9 Å². The third-order valence-electron chi connectivity index (χ3n) is 3.09. The lowest BCUT2D eigenvalue weighted by molar-refractivity contribution is 0.160. The van der Waals surface area contributed by atoms with Crippen LogP contribution in [0.2, 0.25) is 0 Å². The Kier molecular flexibility index (Phi) is 2.17. The van der Waals surface area contributed by atoms with Crippen molar-refractivity contribution >= 4 is 5.69 Å². The summed E-state index contributed by atoms with van der Waals surface area (Å²) in [6.45, 7) is 4.46. The number of hydrogen-bond donors (Lipinski definition) is 1. The predicted octanol–water partition coefficient (Wildman–Crippen LogP) is 2.82. The average Bonchev–Trinajstić information content (AvgIpc) is 2.13. The lowest BCUT2D eigenvalue weighted by atomic mass is 9.67. The van der Waals surface area contributed by atoms with Crippen molar-refractivity contribution < 1.29 is 4.39 Å². The van der Waals surface area contributed by atoms with Gasteiger partial charge in [-0.25, -0.2) is 4.98 Å². The molecule has 1 aliphatic rings. The number of rotatable bonds is 2. The quantitative estimate of drug-likeness (QED) is 0.732. The Morgan fingerprint density at radius 1 is 1.57 bits per heavy atom. The van der Waals surface area contributed by atoms with E-state index in [-0.39, 0.29) is 0 Å². The van der Waals surface area contributed by atoms with Gasteiger partial charge < -0.3 is 5.32 Å². The van der Waals surface area contributed by atoms with Crippen LogP contribution in [-0.2, 0) is 0 Å². The molecule has 76 valence electrons. The van der Waals surface area contributed by atoms with E-state index in [0.29, 0.717) is 11.5 Å². The monoisotopic (exact) mass is 194 g/mol. The van der Waals surface area contributed by atoms with Crippen LogP contribution >= 0.6 is 0 Å². The summed E-state index contributed by atoms with van der Waals surface area (Å²) in [4.78, 5) is 3.52. The second kappa shape index (κ2) is 3.23. The molecule has 1 unspecified atom stereocenters. The highest BCUT2D eigenvalue weighted by atomic mass is 19.1. The van der Waals surface area contributed by atoms with Crippen LogP contribution in [0, 0.1) is 11.4 Å². The molecule has 1 atom stereocenters. The van der Waals surface area contributed by atoms with Crippen LogP contribution in [0.1, 0.15) is 26.7 Å². The van der Waals surface area contributed by atoms with Gasteiger partial charge in [-0.05, 0) is 24.3 Å². The standard InChI is InChI=1S/C11H15FN2/c1-11(2)5-3-9(11)14-8-4-6-13-10(12)7-8/h4,6-7,9H,3,5H2,1-2H3,(H,13,14). The van der Waals surface area contributed by atoms with E-state index in [1.807, 2.05) is 0 Å². The van der Waals surface area contributed by atoms with Crippen LogP contribution in [0.25, 0.3) is 0 Å². The molecule has 0 saturated heterocycles. The average molecular weight is 194 g/mol. The van der Waals surface area contributed by atoms with Crippen LogP contribution in [-0.4, -0.2) is 11.0 Å². The molecule has 0 spiro atoms. The number of hydrogen-bond acceptors (Lipinski definition) is 2. The maximum atomic E-state index is 12.8. The Morgan fingerprint density at radius 2 is 2.36 bits per heavy atom. The first-order valence-electron chi connectivity index (χ1n) is 4.96. The molecule has 1 aliphatic carbocycles. The number of pyridine rings is 1. The molecule has 3 heteroatoms. The molecule has 0 aromatic carbocycles. The van der Waals surface area contributed by atoms with Gasteiger partial charge in [-0.1, -0.05) is 13.8 Å². The molecular weight excluding hydrogens is 179 g/mol. The SMILES string of the molecule is CC1(C)CCC1Nc1ccnc(F)c1. The summed E-state index contributed by atoms with van der Waals surface area (Å²) < 4.78 is 12.8. The number of halogens is 1. The normalized spacial score (nSPS) is 24.1. The summed E-state index contributed by atoms with van der Waals surface area (Å²) in [5.74, 6) is -0.424. The minimum Gasteiger partial charge on any atom is -0.382 e. The van der Waals surface area contributed by atoms with E-state index in [9.17, 15) is 4.39 Å². The maximum absolute atomic E-state index is 12.8. The number of nitrogens with one attached hydrogen (secondary N) is 1. The van der Waals surface area contributed by atoms with Gasteiger partial charge in [0.05, 0.1) is 0 Å². The molecule has 0 bridgehead atoms. The highest BCUT2D eigenvalue weighted by Gasteiger charge is 2.38. The van der Waals surface area contributed by atoms with E-state index in [1.165, 1.54) is 18.7 Å². The third-order valence-corrected chi connectivity index (χ3v) is 3.09. The van der Waals surface area contributed by atoms with Crippen molar-refractivity contribution in [3.8, 4) is 0 Å². The van der Waals surface area contributed by atoms with E-state index in [2.05, 4.69) is 24.1 Å². The lowest BCUT2D eigenvalue weighted by Gasteiger charge is -2.45. The Balaban J connectivity index is 2.05. The van der Waals surface area contributed by atoms with E-state index in [0.717, 1.165) is 12.1 Å². The fourth-order valence-electron chi connectivity index (χ4n) is 1.83. The highest BCUT2D eigenvalue weighted by Crippen LogP contribution is 2.41. The van der Waals surface area contributed by atoms with Crippen molar-refractivity contribution in [1.29, 1.82) is 0 Å². The summed E-state index contributed by atoms with van der Waals surface area (Å²) in [5, 5.41) is 3.33. The van der Waals surface area contributed by atoms with Crippen LogP contribution in [0.15, 0.2) is 18.3 Å². The van der Waals surface area contributed by atoms with Gasteiger partial charge in [-0.2, -0.15) is 4.39 Å². The fraction of sp³-hybridized carbons (Fsp3) is 0.545. The second-order valence-corrected chi connectivity index (χ2v) is 4.59. The van der Waals surface area contributed by atoms with E-state index < -0.39 is 5.95 Å². The van der Waals surface area contributed by atoms with Crippen molar-refractivity contribution in [2.45, 2.75) is 32.7 Å². The summed E-state index contributed by atoms with van der Waals surface area (Å²) >= 11 is 0. The largest absolute Gasteiger partial charge is 0.382 e. The van der Waals surface area contributed by atoms with E-state index >= 15 is 0 Å². The Labute approximate surface area is 83.6 Å². The van der Waals surface area contributed by atoms with E-state index in [4.69, 9.17) is 0 Å². The molecular formula is C11H15FN2. The molecule has 2 rings (SSSR count). The highest BCUT2D eigenvalue weighted by molar-refractivity contribution is 5.43. The van der Waals surface area contributed by atoms with Gasteiger partial charge in [0.25, 0.3) is 0 Å². The van der Waals surface area contributed by atoms with Crippen molar-refractivity contribution in [3.63, 3.8) is 0 Å². The molecule has 0 amide bonds. The zero-order valence-corrected chi connectivity index (χ0v) is 8.55. The molecule has 0 radical (unpaired) electrons. The number of nitrogens with zero attached hydrogens (tertiary/aromatic N) is 1.